The SMILES string of the molecule is CC(C)CCC[C@@H](C)[C@H]1CC[C@H]2[C@@H]3CC[C@H]4C[C@@H](Oc5c6nc(c(-c7cc(C(C)(C)C)cc(C(C)(C)C)c7)c7ccc([nH]7)c(O[C@H]7CC[C@@]8(C)[C@@H](CC[C@@H]9[C@@H]8CC[C@]8(C)[C@@H]([C@H](C)CCCC(C)C)CC[C@@H]98)C7)c7nc(c(-c8cc(C(C)(C)C)cc(C(C)(C)C)c8)c8ccc5[nH]8)C=C7)C=C6)CC[C@]4(C)[C@H]3CC[C@]12C. The topological polar surface area (TPSA) is 75.8 Å². The zero-order valence-corrected chi connectivity index (χ0v) is 72.0. The van der Waals surface area contributed by atoms with Crippen LogP contribution in [0, 0.1) is 105 Å². The van der Waals surface area contributed by atoms with Gasteiger partial charge in [-0.15, -0.1) is 0 Å². The molecule has 6 heteroatoms. The summed E-state index contributed by atoms with van der Waals surface area (Å²) in [6, 6.07) is 24.0. The van der Waals surface area contributed by atoms with E-state index in [9.17, 15) is 0 Å². The predicted molar refractivity (Wildman–Crippen MR) is 460 cm³/mol. The van der Waals surface area contributed by atoms with Crippen LogP contribution in [0.5, 0.6) is 11.5 Å². The second-order valence-electron chi connectivity index (χ2n) is 44.4. The number of hydrogen-bond donors (Lipinski definition) is 2. The highest BCUT2D eigenvalue weighted by molar-refractivity contribution is 5.96. The van der Waals surface area contributed by atoms with E-state index in [2.05, 4.69) is 247 Å². The number of benzene rings is 2. The maximum Gasteiger partial charge on any atom is 0.168 e. The van der Waals surface area contributed by atoms with Gasteiger partial charge < -0.3 is 19.4 Å². The van der Waals surface area contributed by atoms with Crippen LogP contribution in [0.1, 0.15) is 351 Å². The van der Waals surface area contributed by atoms with Crippen LogP contribution in [0.2, 0.25) is 0 Å². The molecule has 2 N–H and O–H groups in total. The highest BCUT2D eigenvalue weighted by Crippen LogP contribution is 2.71. The Kier molecular flexibility index (Phi) is 20.9. The molecule has 8 aliphatic carbocycles. The van der Waals surface area contributed by atoms with Crippen LogP contribution in [0.15, 0.2) is 60.7 Å². The van der Waals surface area contributed by atoms with Crippen LogP contribution in [-0.4, -0.2) is 32.1 Å². The Hall–Kier alpha value is -5.36. The quantitative estimate of drug-likeness (QED) is 0.101. The van der Waals surface area contributed by atoms with E-state index in [0.29, 0.717) is 33.5 Å². The smallest absolute Gasteiger partial charge is 0.168 e. The molecule has 8 saturated carbocycles. The molecule has 0 radical (unpaired) electrons. The summed E-state index contributed by atoms with van der Waals surface area (Å²) in [5.41, 5.74) is 18.7. The molecule has 3 aromatic heterocycles. The number of rotatable bonds is 16. The summed E-state index contributed by atoms with van der Waals surface area (Å²) in [4.78, 5) is 20.2. The van der Waals surface area contributed by atoms with Gasteiger partial charge in [-0.2, -0.15) is 0 Å². The first-order chi connectivity index (χ1) is 50.9. The summed E-state index contributed by atoms with van der Waals surface area (Å²) in [5.74, 6) is 13.1. The van der Waals surface area contributed by atoms with Crippen molar-refractivity contribution in [3.63, 3.8) is 0 Å². The van der Waals surface area contributed by atoms with Crippen molar-refractivity contribution in [2.24, 2.45) is 105 Å². The van der Waals surface area contributed by atoms with Gasteiger partial charge in [0.05, 0.1) is 34.6 Å². The highest BCUT2D eigenvalue weighted by atomic mass is 16.5. The third-order valence-corrected chi connectivity index (χ3v) is 32.8. The minimum absolute atomic E-state index is 0.0693. The molecule has 5 heterocycles. The van der Waals surface area contributed by atoms with Crippen molar-refractivity contribution in [2.45, 2.75) is 340 Å². The number of H-pyrrole nitrogens is 2. The zero-order valence-electron chi connectivity index (χ0n) is 72.0. The van der Waals surface area contributed by atoms with Gasteiger partial charge in [0, 0.05) is 22.2 Å². The van der Waals surface area contributed by atoms with Crippen LogP contribution in [0.4, 0.5) is 0 Å². The molecule has 2 aliphatic heterocycles. The Morgan fingerprint density at radius 1 is 0.380 bits per heavy atom. The van der Waals surface area contributed by atoms with Crippen molar-refractivity contribution in [3.05, 3.63) is 106 Å². The lowest BCUT2D eigenvalue weighted by molar-refractivity contribution is -0.126. The van der Waals surface area contributed by atoms with Gasteiger partial charge in [0.15, 0.2) is 11.5 Å². The lowest BCUT2D eigenvalue weighted by Crippen LogP contribution is -2.54. The lowest BCUT2D eigenvalue weighted by Gasteiger charge is -2.61. The second-order valence-corrected chi connectivity index (χ2v) is 44.4. The third kappa shape index (κ3) is 14.5. The van der Waals surface area contributed by atoms with E-state index in [4.69, 9.17) is 19.4 Å². The molecule has 0 amide bonds. The minimum atomic E-state index is -0.0930. The van der Waals surface area contributed by atoms with Gasteiger partial charge in [0.1, 0.15) is 11.4 Å². The Bertz CT molecular complexity index is 4030. The summed E-state index contributed by atoms with van der Waals surface area (Å²) in [6.45, 7) is 54.3. The van der Waals surface area contributed by atoms with E-state index in [1.165, 1.54) is 162 Å². The van der Waals surface area contributed by atoms with Crippen molar-refractivity contribution >= 4 is 46.4 Å². The standard InChI is InChI=1S/C102H146N4O2/c1-61(2)25-23-27-63(5)77-33-35-79-75-31-29-67-59-73(45-49-99(67,19)81(75)47-51-101(77,79)21)107-93-87-41-37-83(103-87)91(65-53-69(95(7,8)9)57-70(54-65)96(10,11)12)85-39-43-89(105-85)94(90-44-40-86(106-90)92(84-38-42-88(93)104-84)66-55-71(97(13,14)15)58-72(56-66)98(16,17)18)108-74-46-50-100(20)68(60-74)30-32-76-80-36-34-78(64(6)28-24-26-62(3)4)102(80,22)52-48-82(76)100/h37-44,53-58,61-64,67-68,73-82,103,106H,23-36,45-52,59-60H2,1-22H3/t63-,64-,67+,68+,73+,74+,75+,76+,77-,78-,79+,80+,81+,82+,99+,100+,101-,102-/m1/s1. The van der Waals surface area contributed by atoms with E-state index in [1.807, 2.05) is 0 Å². The number of aromatic amines is 2. The molecule has 15 rings (SSSR count). The highest BCUT2D eigenvalue weighted by Gasteiger charge is 2.63. The van der Waals surface area contributed by atoms with Crippen molar-refractivity contribution in [3.8, 4) is 33.8 Å². The van der Waals surface area contributed by atoms with Crippen LogP contribution in [0.25, 0.3) is 68.6 Å². The lowest BCUT2D eigenvalue weighted by atomic mass is 9.44. The van der Waals surface area contributed by atoms with Crippen LogP contribution < -0.4 is 9.47 Å². The average Bonchev–Trinajstić information content (AvgIpc) is 1.41. The fourth-order valence-electron chi connectivity index (χ4n) is 26.3. The number of nitrogens with one attached hydrogen (secondary N) is 2. The third-order valence-electron chi connectivity index (χ3n) is 32.8. The van der Waals surface area contributed by atoms with Crippen LogP contribution >= 0.6 is 0 Å². The van der Waals surface area contributed by atoms with Gasteiger partial charge in [0.2, 0.25) is 0 Å². The minimum Gasteiger partial charge on any atom is -0.486 e. The molecular weight excluding hydrogens is 1310 g/mol. The van der Waals surface area contributed by atoms with Crippen LogP contribution in [-0.2, 0) is 21.7 Å². The maximum atomic E-state index is 7.89. The largest absolute Gasteiger partial charge is 0.486 e. The monoisotopic (exact) mass is 1460 g/mol. The predicted octanol–water partition coefficient (Wildman–Crippen LogP) is 28.9. The molecule has 6 nitrogen and oxygen atoms in total. The summed E-state index contributed by atoms with van der Waals surface area (Å²) in [6.07, 6.45) is 41.3. The molecule has 8 bridgehead atoms. The van der Waals surface area contributed by atoms with Gasteiger partial charge in [-0.1, -0.05) is 227 Å². The summed E-state index contributed by atoms with van der Waals surface area (Å²) in [7, 11) is 0. The van der Waals surface area contributed by atoms with Gasteiger partial charge in [-0.3, -0.25) is 0 Å². The van der Waals surface area contributed by atoms with E-state index in [0.717, 1.165) is 164 Å². The molecule has 0 spiro atoms. The van der Waals surface area contributed by atoms with Gasteiger partial charge in [-0.25, -0.2) is 9.97 Å². The zero-order chi connectivity index (χ0) is 76.7. The number of fused-ring (bicyclic) bond motifs is 18. The molecule has 5 aromatic rings. The van der Waals surface area contributed by atoms with Crippen molar-refractivity contribution in [1.82, 2.24) is 19.9 Å². The number of nitrogens with zero attached hydrogens (tertiary/aromatic N) is 2. The summed E-state index contributed by atoms with van der Waals surface area (Å²) < 4.78 is 15.8. The summed E-state index contributed by atoms with van der Waals surface area (Å²) in [5, 5.41) is 0. The molecule has 18 atom stereocenters. The fourth-order valence-corrected chi connectivity index (χ4v) is 26.3. The Morgan fingerprint density at radius 3 is 1.06 bits per heavy atom. The molecule has 8 fully saturated rings. The summed E-state index contributed by atoms with van der Waals surface area (Å²) >= 11 is 0. The van der Waals surface area contributed by atoms with E-state index in [-0.39, 0.29) is 33.9 Å². The van der Waals surface area contributed by atoms with Crippen LogP contribution in [0.3, 0.4) is 0 Å². The molecule has 0 saturated heterocycles. The first-order valence-corrected chi connectivity index (χ1v) is 44.7. The average molecular weight is 1460 g/mol. The molecule has 2 aromatic carbocycles. The molecular formula is C102H146N4O2. The number of aromatic nitrogens is 4. The Morgan fingerprint density at radius 2 is 0.713 bits per heavy atom. The number of ether oxygens (including phenoxy) is 2. The Balaban J connectivity index is 0.836. The van der Waals surface area contributed by atoms with E-state index in [1.54, 1.807) is 0 Å². The van der Waals surface area contributed by atoms with Gasteiger partial charge in [0.25, 0.3) is 0 Å². The fraction of sp³-hybridized carbons (Fsp3) is 0.686. The Labute approximate surface area is 656 Å². The van der Waals surface area contributed by atoms with Gasteiger partial charge in [-0.05, 0) is 324 Å². The normalized spacial score (nSPS) is 32.4. The van der Waals surface area contributed by atoms with E-state index < -0.39 is 0 Å². The van der Waals surface area contributed by atoms with Crippen molar-refractivity contribution in [2.75, 3.05) is 0 Å². The second kappa shape index (κ2) is 28.9. The van der Waals surface area contributed by atoms with Crippen molar-refractivity contribution in [1.29, 1.82) is 0 Å². The molecule has 0 unspecified atom stereocenters. The molecule has 108 heavy (non-hydrogen) atoms. The number of hydrogen-bond acceptors (Lipinski definition) is 4. The first kappa shape index (κ1) is 77.9. The maximum absolute atomic E-state index is 7.89. The van der Waals surface area contributed by atoms with Crippen molar-refractivity contribution < 1.29 is 9.47 Å². The molecule has 10 aliphatic rings. The van der Waals surface area contributed by atoms with Gasteiger partial charge >= 0.3 is 0 Å². The first-order valence-electron chi connectivity index (χ1n) is 44.7. The molecule has 586 valence electrons. The van der Waals surface area contributed by atoms with E-state index >= 15 is 0 Å².